The normalized spacial score (nSPS) is 10.9. The van der Waals surface area contributed by atoms with Gasteiger partial charge in [0.05, 0.1) is 44.0 Å². The van der Waals surface area contributed by atoms with E-state index in [4.69, 9.17) is 16.0 Å². The summed E-state index contributed by atoms with van der Waals surface area (Å²) < 4.78 is 6.06. The van der Waals surface area contributed by atoms with Gasteiger partial charge in [-0.15, -0.1) is 0 Å². The Morgan fingerprint density at radius 2 is 1.81 bits per heavy atom. The summed E-state index contributed by atoms with van der Waals surface area (Å²) in [5.41, 5.74) is -0.866. The van der Waals surface area contributed by atoms with Gasteiger partial charge in [0.2, 0.25) is 0 Å². The highest BCUT2D eigenvalue weighted by molar-refractivity contribution is 7.22. The van der Waals surface area contributed by atoms with Crippen LogP contribution in [0.15, 0.2) is 59.2 Å². The lowest BCUT2D eigenvalue weighted by Crippen LogP contribution is -2.30. The van der Waals surface area contributed by atoms with E-state index in [0.717, 1.165) is 22.9 Å². The molecule has 12 heteroatoms. The second kappa shape index (κ2) is 8.13. The van der Waals surface area contributed by atoms with E-state index in [1.165, 1.54) is 22.5 Å². The van der Waals surface area contributed by atoms with Gasteiger partial charge in [-0.1, -0.05) is 29.0 Å². The van der Waals surface area contributed by atoms with Crippen molar-refractivity contribution in [1.29, 1.82) is 0 Å². The fraction of sp³-hybridized carbons (Fsp3) is 0.0526. The predicted molar refractivity (Wildman–Crippen MR) is 114 cm³/mol. The van der Waals surface area contributed by atoms with E-state index in [9.17, 15) is 25.0 Å². The number of hydrogen-bond acceptors (Lipinski definition) is 8. The van der Waals surface area contributed by atoms with Crippen LogP contribution in [0.3, 0.4) is 0 Å². The molecule has 0 N–H and O–H groups in total. The predicted octanol–water partition coefficient (Wildman–Crippen LogP) is 5.21. The summed E-state index contributed by atoms with van der Waals surface area (Å²) in [4.78, 5) is 39.9. The van der Waals surface area contributed by atoms with Crippen LogP contribution in [-0.2, 0) is 6.54 Å². The van der Waals surface area contributed by atoms with Gasteiger partial charge in [0, 0.05) is 12.1 Å². The number of hydrogen-bond donors (Lipinski definition) is 0. The van der Waals surface area contributed by atoms with Crippen LogP contribution in [0.5, 0.6) is 0 Å². The number of amides is 1. The summed E-state index contributed by atoms with van der Waals surface area (Å²) in [5.74, 6) is -0.281. The monoisotopic (exact) mass is 458 g/mol. The summed E-state index contributed by atoms with van der Waals surface area (Å²) in [6.07, 6.45) is 1.44. The number of aromatic nitrogens is 1. The van der Waals surface area contributed by atoms with Crippen molar-refractivity contribution < 1.29 is 19.1 Å². The van der Waals surface area contributed by atoms with Gasteiger partial charge < -0.3 is 4.42 Å². The molecule has 0 saturated heterocycles. The lowest BCUT2D eigenvalue weighted by atomic mass is 10.1. The van der Waals surface area contributed by atoms with Gasteiger partial charge in [0.1, 0.15) is 11.3 Å². The third kappa shape index (κ3) is 4.09. The van der Waals surface area contributed by atoms with Crippen molar-refractivity contribution in [2.24, 2.45) is 0 Å². The molecule has 0 aliphatic carbocycles. The van der Waals surface area contributed by atoms with Gasteiger partial charge in [-0.3, -0.25) is 29.9 Å². The Morgan fingerprint density at radius 3 is 2.39 bits per heavy atom. The van der Waals surface area contributed by atoms with E-state index in [0.29, 0.717) is 16.3 Å². The first kappa shape index (κ1) is 20.4. The molecule has 4 aromatic rings. The van der Waals surface area contributed by atoms with Crippen molar-refractivity contribution in [3.8, 4) is 0 Å². The molecular weight excluding hydrogens is 448 g/mol. The molecule has 2 aromatic heterocycles. The number of benzene rings is 2. The van der Waals surface area contributed by atoms with Crippen LogP contribution in [0.1, 0.15) is 16.1 Å². The van der Waals surface area contributed by atoms with E-state index in [1.54, 1.807) is 30.3 Å². The van der Waals surface area contributed by atoms with Crippen molar-refractivity contribution in [3.05, 3.63) is 91.4 Å². The molecule has 0 aliphatic heterocycles. The third-order valence-electron chi connectivity index (χ3n) is 4.30. The molecule has 0 spiro atoms. The van der Waals surface area contributed by atoms with Crippen molar-refractivity contribution in [3.63, 3.8) is 0 Å². The maximum atomic E-state index is 13.4. The molecular formula is C19H11ClN4O6S. The van der Waals surface area contributed by atoms with Crippen LogP contribution < -0.4 is 4.90 Å². The minimum absolute atomic E-state index is 0.0419. The minimum Gasteiger partial charge on any atom is -0.467 e. The van der Waals surface area contributed by atoms with Gasteiger partial charge in [-0.05, 0) is 24.3 Å². The zero-order chi connectivity index (χ0) is 22.1. The summed E-state index contributed by atoms with van der Waals surface area (Å²) in [6.45, 7) is -0.0419. The molecule has 2 heterocycles. The molecule has 10 nitrogen and oxygen atoms in total. The maximum Gasteiger partial charge on any atom is 0.277 e. The van der Waals surface area contributed by atoms with Crippen LogP contribution in [0.25, 0.3) is 10.2 Å². The third-order valence-corrected chi connectivity index (χ3v) is 5.65. The fourth-order valence-corrected chi connectivity index (χ4v) is 4.15. The zero-order valence-corrected chi connectivity index (χ0v) is 17.0. The van der Waals surface area contributed by atoms with Crippen LogP contribution in [-0.4, -0.2) is 20.7 Å². The number of halogens is 1. The molecule has 0 atom stereocenters. The summed E-state index contributed by atoms with van der Waals surface area (Å²) in [6, 6.07) is 11.3. The van der Waals surface area contributed by atoms with Gasteiger partial charge in [-0.25, -0.2) is 4.98 Å². The van der Waals surface area contributed by atoms with Crippen LogP contribution in [0.4, 0.5) is 16.5 Å². The average molecular weight is 459 g/mol. The number of carbonyl (C=O) groups excluding carboxylic acids is 1. The molecule has 0 bridgehead atoms. The van der Waals surface area contributed by atoms with E-state index in [-0.39, 0.29) is 17.2 Å². The van der Waals surface area contributed by atoms with Gasteiger partial charge in [-0.2, -0.15) is 0 Å². The van der Waals surface area contributed by atoms with E-state index < -0.39 is 27.1 Å². The van der Waals surface area contributed by atoms with Crippen LogP contribution in [0.2, 0.25) is 5.02 Å². The number of non-ortho nitro benzene ring substituents is 2. The number of thiazole rings is 1. The maximum absolute atomic E-state index is 13.4. The highest BCUT2D eigenvalue weighted by Crippen LogP contribution is 2.35. The molecule has 1 amide bonds. The Balaban J connectivity index is 1.83. The number of nitrogens with zero attached hydrogens (tertiary/aromatic N) is 4. The highest BCUT2D eigenvalue weighted by atomic mass is 35.5. The first-order valence-electron chi connectivity index (χ1n) is 8.66. The lowest BCUT2D eigenvalue weighted by molar-refractivity contribution is -0.394. The van der Waals surface area contributed by atoms with Gasteiger partial charge in [0.15, 0.2) is 5.13 Å². The largest absolute Gasteiger partial charge is 0.467 e. The van der Waals surface area contributed by atoms with E-state index >= 15 is 0 Å². The molecule has 0 aliphatic rings. The first-order chi connectivity index (χ1) is 14.8. The van der Waals surface area contributed by atoms with E-state index in [1.807, 2.05) is 0 Å². The number of fused-ring (bicyclic) bond motifs is 1. The Kier molecular flexibility index (Phi) is 5.36. The number of para-hydroxylation sites is 1. The quantitative estimate of drug-likeness (QED) is 0.286. The van der Waals surface area contributed by atoms with Crippen molar-refractivity contribution in [2.75, 3.05) is 4.90 Å². The molecule has 31 heavy (non-hydrogen) atoms. The summed E-state index contributed by atoms with van der Waals surface area (Å²) in [5, 5.41) is 23.1. The average Bonchev–Trinajstić information content (AvgIpc) is 3.41. The molecule has 0 fully saturated rings. The Hall–Kier alpha value is -3.83. The molecule has 2 aromatic carbocycles. The van der Waals surface area contributed by atoms with Gasteiger partial charge >= 0.3 is 0 Å². The number of nitro benzene ring substituents is 2. The Bertz CT molecular complexity index is 1290. The summed E-state index contributed by atoms with van der Waals surface area (Å²) >= 11 is 7.38. The second-order valence-electron chi connectivity index (χ2n) is 6.31. The van der Waals surface area contributed by atoms with Crippen molar-refractivity contribution >= 4 is 55.6 Å². The number of carbonyl (C=O) groups is 1. The molecule has 0 unspecified atom stereocenters. The SMILES string of the molecule is O=C(c1cc([N+](=O)[O-])cc([N+](=O)[O-])c1)N(Cc1ccco1)c1nc2c(Cl)cccc2s1. The standard InChI is InChI=1S/C19H11ClN4O6S/c20-15-4-1-5-16-17(15)21-19(31-16)22(10-14-3-2-6-30-14)18(25)11-7-12(23(26)27)9-13(8-11)24(28)29/h1-9H,10H2. The smallest absolute Gasteiger partial charge is 0.277 e. The molecule has 0 radical (unpaired) electrons. The first-order valence-corrected chi connectivity index (χ1v) is 9.86. The molecule has 4 rings (SSSR count). The Labute approximate surface area is 182 Å². The molecule has 156 valence electrons. The Morgan fingerprint density at radius 1 is 1.10 bits per heavy atom. The molecule has 0 saturated carbocycles. The zero-order valence-electron chi connectivity index (χ0n) is 15.4. The highest BCUT2D eigenvalue weighted by Gasteiger charge is 2.27. The number of nitro groups is 2. The summed E-state index contributed by atoms with van der Waals surface area (Å²) in [7, 11) is 0. The van der Waals surface area contributed by atoms with Crippen molar-refractivity contribution in [2.45, 2.75) is 6.54 Å². The van der Waals surface area contributed by atoms with Crippen LogP contribution in [0, 0.1) is 20.2 Å². The fourth-order valence-electron chi connectivity index (χ4n) is 2.89. The van der Waals surface area contributed by atoms with Crippen molar-refractivity contribution in [1.82, 2.24) is 4.98 Å². The second-order valence-corrected chi connectivity index (χ2v) is 7.72. The topological polar surface area (TPSA) is 133 Å². The number of rotatable bonds is 6. The van der Waals surface area contributed by atoms with E-state index in [2.05, 4.69) is 4.98 Å². The number of furan rings is 1. The minimum atomic E-state index is -0.794. The van der Waals surface area contributed by atoms with Crippen LogP contribution >= 0.6 is 22.9 Å². The van der Waals surface area contributed by atoms with Gasteiger partial charge in [0.25, 0.3) is 17.3 Å². The number of anilines is 1. The lowest BCUT2D eigenvalue weighted by Gasteiger charge is -2.18.